The van der Waals surface area contributed by atoms with Gasteiger partial charge in [-0.15, -0.1) is 0 Å². The molecule has 0 heterocycles. The van der Waals surface area contributed by atoms with Crippen molar-refractivity contribution in [2.45, 2.75) is 58.8 Å². The molecule has 96 valence electrons. The van der Waals surface area contributed by atoms with Gasteiger partial charge in [0, 0.05) is 12.5 Å². The lowest BCUT2D eigenvalue weighted by atomic mass is 9.97. The van der Waals surface area contributed by atoms with Gasteiger partial charge in [0.05, 0.1) is 0 Å². The maximum Gasteiger partial charge on any atom is 0.223 e. The second-order valence-corrected chi connectivity index (χ2v) is 5.39. The zero-order valence-electron chi connectivity index (χ0n) is 10.7. The Morgan fingerprint density at radius 2 is 1.75 bits per heavy atom. The molecule has 0 aromatic carbocycles. The van der Waals surface area contributed by atoms with Crippen molar-refractivity contribution in [3.05, 3.63) is 0 Å². The molecule has 16 heavy (non-hydrogen) atoms. The average Bonchev–Trinajstić information content (AvgIpc) is 2.28. The molecular weight excluding hydrogens is 313 g/mol. The Hall–Kier alpha value is 0.200. The van der Waals surface area contributed by atoms with Gasteiger partial charge in [0.1, 0.15) is 0 Å². The van der Waals surface area contributed by atoms with E-state index in [9.17, 15) is 4.79 Å². The van der Waals surface area contributed by atoms with Crippen molar-refractivity contribution in [1.29, 1.82) is 0 Å². The summed E-state index contributed by atoms with van der Waals surface area (Å²) in [5, 5.41) is 3.07. The number of carbonyl (C=O) groups excluding carboxylic acids is 1. The van der Waals surface area contributed by atoms with Gasteiger partial charge in [0.2, 0.25) is 5.91 Å². The summed E-state index contributed by atoms with van der Waals surface area (Å²) < 4.78 is 1.22. The highest BCUT2D eigenvalue weighted by molar-refractivity contribution is 14.1. The van der Waals surface area contributed by atoms with Crippen molar-refractivity contribution in [2.24, 2.45) is 5.92 Å². The van der Waals surface area contributed by atoms with Crippen molar-refractivity contribution in [1.82, 2.24) is 5.32 Å². The quantitative estimate of drug-likeness (QED) is 0.365. The molecule has 0 saturated heterocycles. The van der Waals surface area contributed by atoms with Gasteiger partial charge in [0.25, 0.3) is 0 Å². The van der Waals surface area contributed by atoms with E-state index in [0.29, 0.717) is 0 Å². The van der Waals surface area contributed by atoms with E-state index in [1.165, 1.54) is 17.3 Å². The second-order valence-electron chi connectivity index (χ2n) is 4.31. The van der Waals surface area contributed by atoms with Gasteiger partial charge in [-0.1, -0.05) is 55.7 Å². The summed E-state index contributed by atoms with van der Waals surface area (Å²) in [5.74, 6) is 0.526. The molecule has 0 fully saturated rings. The van der Waals surface area contributed by atoms with Crippen LogP contribution in [-0.2, 0) is 4.79 Å². The van der Waals surface area contributed by atoms with Crippen LogP contribution in [0.1, 0.15) is 58.8 Å². The van der Waals surface area contributed by atoms with Crippen LogP contribution in [0, 0.1) is 5.92 Å². The van der Waals surface area contributed by atoms with E-state index in [-0.39, 0.29) is 11.8 Å². The van der Waals surface area contributed by atoms with Crippen LogP contribution in [0.25, 0.3) is 0 Å². The summed E-state index contributed by atoms with van der Waals surface area (Å²) in [6.07, 6.45) is 7.90. The standard InChI is InChI=1S/C13H26INO/c1-3-8-12(9-4-2)13(16)15-11-7-5-6-10-14/h12H,3-11H2,1-2H3,(H,15,16). The summed E-state index contributed by atoms with van der Waals surface area (Å²) in [4.78, 5) is 11.8. The fourth-order valence-corrected chi connectivity index (χ4v) is 2.40. The van der Waals surface area contributed by atoms with Gasteiger partial charge < -0.3 is 5.32 Å². The van der Waals surface area contributed by atoms with E-state index in [2.05, 4.69) is 41.8 Å². The smallest absolute Gasteiger partial charge is 0.223 e. The predicted octanol–water partition coefficient (Wildman–Crippen LogP) is 3.92. The molecule has 0 radical (unpaired) electrons. The van der Waals surface area contributed by atoms with E-state index >= 15 is 0 Å². The van der Waals surface area contributed by atoms with Gasteiger partial charge in [-0.3, -0.25) is 4.79 Å². The second kappa shape index (κ2) is 11.7. The number of amides is 1. The van der Waals surface area contributed by atoms with Crippen LogP contribution in [0.4, 0.5) is 0 Å². The minimum atomic E-state index is 0.250. The Bertz CT molecular complexity index is 167. The van der Waals surface area contributed by atoms with E-state index in [0.717, 1.165) is 38.6 Å². The number of carbonyl (C=O) groups is 1. The number of hydrogen-bond donors (Lipinski definition) is 1. The summed E-state index contributed by atoms with van der Waals surface area (Å²) in [5.41, 5.74) is 0. The van der Waals surface area contributed by atoms with Gasteiger partial charge in [-0.05, 0) is 30.1 Å². The Kier molecular flexibility index (Phi) is 11.8. The Labute approximate surface area is 114 Å². The van der Waals surface area contributed by atoms with Gasteiger partial charge >= 0.3 is 0 Å². The van der Waals surface area contributed by atoms with Crippen LogP contribution >= 0.6 is 22.6 Å². The molecule has 0 aromatic heterocycles. The molecule has 0 aliphatic heterocycles. The molecule has 0 aliphatic rings. The van der Waals surface area contributed by atoms with E-state index in [1.54, 1.807) is 0 Å². The summed E-state index contributed by atoms with van der Waals surface area (Å²) in [6, 6.07) is 0. The monoisotopic (exact) mass is 339 g/mol. The molecule has 0 bridgehead atoms. The van der Waals surface area contributed by atoms with E-state index in [1.807, 2.05) is 0 Å². The van der Waals surface area contributed by atoms with E-state index in [4.69, 9.17) is 0 Å². The lowest BCUT2D eigenvalue weighted by Crippen LogP contribution is -2.31. The van der Waals surface area contributed by atoms with Crippen LogP contribution in [0.2, 0.25) is 0 Å². The lowest BCUT2D eigenvalue weighted by molar-refractivity contribution is -0.125. The molecule has 0 saturated carbocycles. The first-order chi connectivity index (χ1) is 7.76. The fourth-order valence-electron chi connectivity index (χ4n) is 1.86. The highest BCUT2D eigenvalue weighted by atomic mass is 127. The van der Waals surface area contributed by atoms with Crippen LogP contribution in [0.3, 0.4) is 0 Å². The highest BCUT2D eigenvalue weighted by Crippen LogP contribution is 2.13. The third-order valence-corrected chi connectivity index (χ3v) is 3.52. The first-order valence-corrected chi connectivity index (χ1v) is 8.12. The van der Waals surface area contributed by atoms with E-state index < -0.39 is 0 Å². The van der Waals surface area contributed by atoms with Crippen molar-refractivity contribution >= 4 is 28.5 Å². The van der Waals surface area contributed by atoms with Crippen molar-refractivity contribution in [3.63, 3.8) is 0 Å². The first kappa shape index (κ1) is 16.2. The molecule has 0 unspecified atom stereocenters. The third kappa shape index (κ3) is 8.36. The summed E-state index contributed by atoms with van der Waals surface area (Å²) >= 11 is 2.40. The molecule has 2 nitrogen and oxygen atoms in total. The molecule has 1 amide bonds. The summed E-state index contributed by atoms with van der Waals surface area (Å²) in [7, 11) is 0. The van der Waals surface area contributed by atoms with Gasteiger partial charge in [0.15, 0.2) is 0 Å². The fraction of sp³-hybridized carbons (Fsp3) is 0.923. The Morgan fingerprint density at radius 3 is 2.25 bits per heavy atom. The number of unbranched alkanes of at least 4 members (excludes halogenated alkanes) is 2. The molecule has 0 rings (SSSR count). The number of alkyl halides is 1. The molecular formula is C13H26INO. The normalized spacial score (nSPS) is 10.8. The van der Waals surface area contributed by atoms with Gasteiger partial charge in [-0.25, -0.2) is 0 Å². The SMILES string of the molecule is CCCC(CCC)C(=O)NCCCCCI. The molecule has 3 heteroatoms. The maximum absolute atomic E-state index is 11.8. The van der Waals surface area contributed by atoms with Crippen LogP contribution < -0.4 is 5.32 Å². The zero-order chi connectivity index (χ0) is 12.2. The number of hydrogen-bond acceptors (Lipinski definition) is 1. The highest BCUT2D eigenvalue weighted by Gasteiger charge is 2.15. The molecule has 0 aromatic rings. The Balaban J connectivity index is 3.65. The maximum atomic E-state index is 11.8. The Morgan fingerprint density at radius 1 is 1.12 bits per heavy atom. The lowest BCUT2D eigenvalue weighted by Gasteiger charge is -2.15. The van der Waals surface area contributed by atoms with Gasteiger partial charge in [-0.2, -0.15) is 0 Å². The first-order valence-electron chi connectivity index (χ1n) is 6.59. The summed E-state index contributed by atoms with van der Waals surface area (Å²) in [6.45, 7) is 5.16. The predicted molar refractivity (Wildman–Crippen MR) is 79.1 cm³/mol. The molecule has 0 atom stereocenters. The molecule has 0 spiro atoms. The number of halogens is 1. The number of nitrogens with one attached hydrogen (secondary N) is 1. The topological polar surface area (TPSA) is 29.1 Å². The third-order valence-electron chi connectivity index (χ3n) is 2.75. The van der Waals surface area contributed by atoms with Crippen molar-refractivity contribution in [2.75, 3.05) is 11.0 Å². The van der Waals surface area contributed by atoms with Crippen LogP contribution in [-0.4, -0.2) is 16.9 Å². The van der Waals surface area contributed by atoms with Crippen LogP contribution in [0.5, 0.6) is 0 Å². The van der Waals surface area contributed by atoms with Crippen molar-refractivity contribution < 1.29 is 4.79 Å². The number of rotatable bonds is 10. The van der Waals surface area contributed by atoms with Crippen LogP contribution in [0.15, 0.2) is 0 Å². The largest absolute Gasteiger partial charge is 0.356 e. The molecule has 0 aliphatic carbocycles. The van der Waals surface area contributed by atoms with Crippen molar-refractivity contribution in [3.8, 4) is 0 Å². The molecule has 1 N–H and O–H groups in total. The minimum Gasteiger partial charge on any atom is -0.356 e. The average molecular weight is 339 g/mol. The zero-order valence-corrected chi connectivity index (χ0v) is 12.9. The minimum absolute atomic E-state index is 0.250.